The summed E-state index contributed by atoms with van der Waals surface area (Å²) >= 11 is 6.00. The highest BCUT2D eigenvalue weighted by molar-refractivity contribution is 6.33. The highest BCUT2D eigenvalue weighted by Crippen LogP contribution is 2.43. The highest BCUT2D eigenvalue weighted by Gasteiger charge is 2.47. The van der Waals surface area contributed by atoms with E-state index in [1.165, 1.54) is 12.1 Å². The molecule has 1 saturated carbocycles. The first-order valence-corrected chi connectivity index (χ1v) is 6.08. The van der Waals surface area contributed by atoms with Crippen LogP contribution in [0.3, 0.4) is 0 Å². The largest absolute Gasteiger partial charge is 0.392 e. The number of aliphatic hydroxyl groups excluding tert-OH is 1. The van der Waals surface area contributed by atoms with Crippen molar-refractivity contribution in [2.75, 3.05) is 5.32 Å². The molecule has 98 valence electrons. The summed E-state index contributed by atoms with van der Waals surface area (Å²) in [6.07, 6.45) is 0.326. The summed E-state index contributed by atoms with van der Waals surface area (Å²) in [6, 6.07) is 4.45. The van der Waals surface area contributed by atoms with E-state index >= 15 is 0 Å². The van der Waals surface area contributed by atoms with E-state index in [1.54, 1.807) is 6.07 Å². The summed E-state index contributed by atoms with van der Waals surface area (Å²) in [4.78, 5) is 10.1. The van der Waals surface area contributed by atoms with E-state index in [4.69, 9.17) is 11.6 Å². The average molecular weight is 271 g/mol. The maximum atomic E-state index is 10.6. The van der Waals surface area contributed by atoms with Gasteiger partial charge in [0.1, 0.15) is 0 Å². The van der Waals surface area contributed by atoms with Crippen LogP contribution < -0.4 is 5.32 Å². The monoisotopic (exact) mass is 270 g/mol. The molecule has 2 atom stereocenters. The van der Waals surface area contributed by atoms with Crippen LogP contribution in [0, 0.1) is 15.5 Å². The second-order valence-corrected chi connectivity index (χ2v) is 5.60. The third-order valence-corrected chi connectivity index (χ3v) is 4.02. The maximum absolute atomic E-state index is 10.6. The predicted molar refractivity (Wildman–Crippen MR) is 69.9 cm³/mol. The molecule has 1 aromatic carbocycles. The van der Waals surface area contributed by atoms with Gasteiger partial charge in [0.2, 0.25) is 0 Å². The number of hydrogen-bond acceptors (Lipinski definition) is 4. The van der Waals surface area contributed by atoms with Crippen LogP contribution in [-0.2, 0) is 0 Å². The van der Waals surface area contributed by atoms with Gasteiger partial charge in [0.15, 0.2) is 0 Å². The van der Waals surface area contributed by atoms with Crippen LogP contribution in [0.2, 0.25) is 5.02 Å². The van der Waals surface area contributed by atoms with Crippen LogP contribution >= 0.6 is 11.6 Å². The molecule has 0 saturated heterocycles. The van der Waals surface area contributed by atoms with Gasteiger partial charge in [-0.1, -0.05) is 25.4 Å². The molecule has 0 aliphatic heterocycles. The van der Waals surface area contributed by atoms with E-state index in [0.717, 1.165) is 0 Å². The molecule has 2 rings (SSSR count). The van der Waals surface area contributed by atoms with Gasteiger partial charge in [-0.2, -0.15) is 0 Å². The number of rotatable bonds is 3. The number of halogens is 1. The number of benzene rings is 1. The number of hydrogen-bond donors (Lipinski definition) is 2. The van der Waals surface area contributed by atoms with E-state index in [9.17, 15) is 15.2 Å². The van der Waals surface area contributed by atoms with Gasteiger partial charge in [-0.3, -0.25) is 10.1 Å². The predicted octanol–water partition coefficient (Wildman–Crippen LogP) is 2.82. The lowest BCUT2D eigenvalue weighted by Crippen LogP contribution is -2.56. The summed E-state index contributed by atoms with van der Waals surface area (Å²) < 4.78 is 0. The Bertz CT molecular complexity index is 490. The second kappa shape index (κ2) is 4.40. The first kappa shape index (κ1) is 13.1. The maximum Gasteiger partial charge on any atom is 0.271 e. The van der Waals surface area contributed by atoms with Crippen LogP contribution in [-0.4, -0.2) is 22.2 Å². The number of anilines is 1. The number of non-ortho nitro benzene ring substituents is 1. The Kier molecular flexibility index (Phi) is 3.21. The molecule has 6 heteroatoms. The van der Waals surface area contributed by atoms with Crippen molar-refractivity contribution in [3.05, 3.63) is 33.3 Å². The van der Waals surface area contributed by atoms with Crippen molar-refractivity contribution in [1.29, 1.82) is 0 Å². The average Bonchev–Trinajstić information content (AvgIpc) is 2.30. The first-order chi connectivity index (χ1) is 8.32. The SMILES string of the molecule is CC1(C)C(O)CC1Nc1ccc([N+](=O)[O-])cc1Cl. The second-order valence-electron chi connectivity index (χ2n) is 5.19. The number of nitro groups is 1. The number of nitrogens with one attached hydrogen (secondary N) is 1. The molecule has 0 radical (unpaired) electrons. The molecule has 1 aliphatic carbocycles. The van der Waals surface area contributed by atoms with Crippen LogP contribution in [0.25, 0.3) is 0 Å². The lowest BCUT2D eigenvalue weighted by atomic mass is 9.64. The summed E-state index contributed by atoms with van der Waals surface area (Å²) in [5, 5.41) is 23.8. The van der Waals surface area contributed by atoms with Gasteiger partial charge in [-0.15, -0.1) is 0 Å². The lowest BCUT2D eigenvalue weighted by molar-refractivity contribution is -0.384. The van der Waals surface area contributed by atoms with Gasteiger partial charge in [-0.25, -0.2) is 0 Å². The molecule has 5 nitrogen and oxygen atoms in total. The molecule has 0 aromatic heterocycles. The molecule has 0 spiro atoms. The van der Waals surface area contributed by atoms with Crippen LogP contribution in [0.15, 0.2) is 18.2 Å². The van der Waals surface area contributed by atoms with Crippen LogP contribution in [0.5, 0.6) is 0 Å². The fraction of sp³-hybridized carbons (Fsp3) is 0.500. The van der Waals surface area contributed by atoms with Gasteiger partial charge in [0.05, 0.1) is 21.7 Å². The summed E-state index contributed by atoms with van der Waals surface area (Å²) in [7, 11) is 0. The Hall–Kier alpha value is -1.33. The van der Waals surface area contributed by atoms with Crippen molar-refractivity contribution in [3.63, 3.8) is 0 Å². The number of nitrogens with zero attached hydrogens (tertiary/aromatic N) is 1. The van der Waals surface area contributed by atoms with Gasteiger partial charge in [0.25, 0.3) is 5.69 Å². The Morgan fingerprint density at radius 2 is 2.22 bits per heavy atom. The van der Waals surface area contributed by atoms with Crippen molar-refractivity contribution in [2.45, 2.75) is 32.4 Å². The molecular formula is C12H15ClN2O3. The Morgan fingerprint density at radius 3 is 2.67 bits per heavy atom. The third kappa shape index (κ3) is 2.15. The van der Waals surface area contributed by atoms with Gasteiger partial charge < -0.3 is 10.4 Å². The molecule has 18 heavy (non-hydrogen) atoms. The molecule has 0 heterocycles. The van der Waals surface area contributed by atoms with Gasteiger partial charge >= 0.3 is 0 Å². The normalized spacial score (nSPS) is 25.3. The van der Waals surface area contributed by atoms with Gasteiger partial charge in [0, 0.05) is 23.6 Å². The highest BCUT2D eigenvalue weighted by atomic mass is 35.5. The topological polar surface area (TPSA) is 75.4 Å². The Morgan fingerprint density at radius 1 is 1.56 bits per heavy atom. The third-order valence-electron chi connectivity index (χ3n) is 3.71. The van der Waals surface area contributed by atoms with Crippen molar-refractivity contribution < 1.29 is 10.0 Å². The Labute approximate surface area is 110 Å². The minimum absolute atomic E-state index is 0.0292. The van der Waals surface area contributed by atoms with Crippen molar-refractivity contribution in [3.8, 4) is 0 Å². The number of aliphatic hydroxyl groups is 1. The van der Waals surface area contributed by atoms with Crippen LogP contribution in [0.1, 0.15) is 20.3 Å². The minimum atomic E-state index is -0.479. The van der Waals surface area contributed by atoms with Crippen molar-refractivity contribution in [2.24, 2.45) is 5.41 Å². The summed E-state index contributed by atoms with van der Waals surface area (Å²) in [6.45, 7) is 3.94. The molecule has 2 unspecified atom stereocenters. The molecule has 0 bridgehead atoms. The minimum Gasteiger partial charge on any atom is -0.392 e. The molecule has 1 aromatic rings. The summed E-state index contributed by atoms with van der Waals surface area (Å²) in [5.74, 6) is 0. The lowest BCUT2D eigenvalue weighted by Gasteiger charge is -2.49. The van der Waals surface area contributed by atoms with E-state index in [-0.39, 0.29) is 23.2 Å². The van der Waals surface area contributed by atoms with E-state index in [1.807, 2.05) is 13.8 Å². The van der Waals surface area contributed by atoms with Gasteiger partial charge in [-0.05, 0) is 12.5 Å². The van der Waals surface area contributed by atoms with E-state index < -0.39 is 4.92 Å². The Balaban J connectivity index is 2.14. The zero-order valence-electron chi connectivity index (χ0n) is 10.2. The first-order valence-electron chi connectivity index (χ1n) is 5.71. The number of nitro benzene ring substituents is 1. The van der Waals surface area contributed by atoms with E-state index in [0.29, 0.717) is 17.1 Å². The zero-order valence-corrected chi connectivity index (χ0v) is 10.9. The quantitative estimate of drug-likeness (QED) is 0.654. The molecule has 0 amide bonds. The standard InChI is InChI=1S/C12H15ClN2O3/c1-12(2)10(6-11(12)16)14-9-4-3-7(15(17)18)5-8(9)13/h3-5,10-11,14,16H,6H2,1-2H3. The fourth-order valence-corrected chi connectivity index (χ4v) is 2.30. The molecule has 1 aliphatic rings. The fourth-order valence-electron chi connectivity index (χ4n) is 2.07. The van der Waals surface area contributed by atoms with Crippen molar-refractivity contribution in [1.82, 2.24) is 0 Å². The summed E-state index contributed by atoms with van der Waals surface area (Å²) in [5.41, 5.74) is 0.413. The molecule has 2 N–H and O–H groups in total. The molecular weight excluding hydrogens is 256 g/mol. The van der Waals surface area contributed by atoms with E-state index in [2.05, 4.69) is 5.32 Å². The van der Waals surface area contributed by atoms with Crippen LogP contribution in [0.4, 0.5) is 11.4 Å². The molecule has 1 fully saturated rings. The van der Waals surface area contributed by atoms with Crippen molar-refractivity contribution >= 4 is 23.0 Å². The zero-order chi connectivity index (χ0) is 13.5. The smallest absolute Gasteiger partial charge is 0.271 e.